The van der Waals surface area contributed by atoms with Crippen LogP contribution in [0.2, 0.25) is 0 Å². The third-order valence-electron chi connectivity index (χ3n) is 13.5. The number of allylic oxidation sites excluding steroid dienone is 10. The van der Waals surface area contributed by atoms with Crippen molar-refractivity contribution in [1.82, 2.24) is 0 Å². The first-order valence-electron chi connectivity index (χ1n) is 30.8. The summed E-state index contributed by atoms with van der Waals surface area (Å²) in [4.78, 5) is 38.0. The molecule has 6 heteroatoms. The first-order valence-corrected chi connectivity index (χ1v) is 30.8. The summed E-state index contributed by atoms with van der Waals surface area (Å²) in [5.74, 6) is -0.868. The Bertz CT molecular complexity index is 1280. The molecule has 0 aromatic carbocycles. The van der Waals surface area contributed by atoms with E-state index < -0.39 is 6.10 Å². The number of esters is 3. The van der Waals surface area contributed by atoms with E-state index in [-0.39, 0.29) is 31.1 Å². The smallest absolute Gasteiger partial charge is 0.306 e. The monoisotopic (exact) mass is 993 g/mol. The molecular formula is C65H116O6. The molecule has 0 aliphatic heterocycles. The third kappa shape index (κ3) is 57.9. The van der Waals surface area contributed by atoms with E-state index >= 15 is 0 Å². The van der Waals surface area contributed by atoms with E-state index in [4.69, 9.17) is 14.2 Å². The molecule has 0 aromatic heterocycles. The summed E-state index contributed by atoms with van der Waals surface area (Å²) >= 11 is 0. The van der Waals surface area contributed by atoms with Gasteiger partial charge in [0.2, 0.25) is 0 Å². The summed E-state index contributed by atoms with van der Waals surface area (Å²) in [5.41, 5.74) is 0. The van der Waals surface area contributed by atoms with Crippen LogP contribution in [0.1, 0.15) is 316 Å². The zero-order valence-electron chi connectivity index (χ0n) is 47.2. The minimum Gasteiger partial charge on any atom is -0.462 e. The fourth-order valence-corrected chi connectivity index (χ4v) is 8.94. The Morgan fingerprint density at radius 3 is 0.859 bits per heavy atom. The molecule has 0 saturated carbocycles. The van der Waals surface area contributed by atoms with Crippen molar-refractivity contribution in [3.05, 3.63) is 60.8 Å². The maximum atomic E-state index is 12.8. The number of carbonyl (C=O) groups excluding carboxylic acids is 3. The minimum absolute atomic E-state index is 0.0714. The molecule has 0 aliphatic rings. The Kier molecular flexibility index (Phi) is 57.2. The molecule has 0 amide bonds. The second kappa shape index (κ2) is 59.7. The van der Waals surface area contributed by atoms with E-state index in [1.54, 1.807) is 0 Å². The average Bonchev–Trinajstić information content (AvgIpc) is 3.37. The fraction of sp³-hybridized carbons (Fsp3) is 0.800. The largest absolute Gasteiger partial charge is 0.462 e. The van der Waals surface area contributed by atoms with Crippen LogP contribution in [0.4, 0.5) is 0 Å². The van der Waals surface area contributed by atoms with Crippen LogP contribution in [0.15, 0.2) is 60.8 Å². The molecule has 0 saturated heterocycles. The van der Waals surface area contributed by atoms with Gasteiger partial charge in [-0.25, -0.2) is 0 Å². The van der Waals surface area contributed by atoms with E-state index in [1.807, 2.05) is 0 Å². The lowest BCUT2D eigenvalue weighted by molar-refractivity contribution is -0.167. The second-order valence-electron chi connectivity index (χ2n) is 20.6. The van der Waals surface area contributed by atoms with Crippen molar-refractivity contribution >= 4 is 17.9 Å². The minimum atomic E-state index is -0.769. The predicted octanol–water partition coefficient (Wildman–Crippen LogP) is 20.8. The van der Waals surface area contributed by atoms with Crippen molar-refractivity contribution in [3.63, 3.8) is 0 Å². The molecule has 0 fully saturated rings. The van der Waals surface area contributed by atoms with Crippen molar-refractivity contribution in [1.29, 1.82) is 0 Å². The molecule has 0 bridgehead atoms. The number of unbranched alkanes of at least 4 members (excludes halogenated alkanes) is 35. The summed E-state index contributed by atoms with van der Waals surface area (Å²) in [7, 11) is 0. The van der Waals surface area contributed by atoms with Crippen molar-refractivity contribution < 1.29 is 28.6 Å². The molecular weight excluding hydrogens is 877 g/mol. The highest BCUT2D eigenvalue weighted by Gasteiger charge is 2.19. The molecule has 0 spiro atoms. The third-order valence-corrected chi connectivity index (χ3v) is 13.5. The SMILES string of the molecule is CC/C=C\C/C=C\C/C=C\C/C=C\C/C=C\CCCCCCCCCCCCCC(=O)OCC(COC(=O)CCCCCCCC)OC(=O)CCCCCCCCCCCCCCCCCCCCCC. The average molecular weight is 994 g/mol. The Morgan fingerprint density at radius 1 is 0.296 bits per heavy atom. The number of hydrogen-bond donors (Lipinski definition) is 0. The highest BCUT2D eigenvalue weighted by atomic mass is 16.6. The lowest BCUT2D eigenvalue weighted by atomic mass is 10.0. The number of rotatable bonds is 56. The highest BCUT2D eigenvalue weighted by molar-refractivity contribution is 5.71. The molecule has 6 nitrogen and oxygen atoms in total. The van der Waals surface area contributed by atoms with Crippen molar-refractivity contribution in [2.24, 2.45) is 0 Å². The van der Waals surface area contributed by atoms with Gasteiger partial charge in [0.15, 0.2) is 6.10 Å². The van der Waals surface area contributed by atoms with E-state index in [2.05, 4.69) is 81.5 Å². The highest BCUT2D eigenvalue weighted by Crippen LogP contribution is 2.17. The lowest BCUT2D eigenvalue weighted by Crippen LogP contribution is -2.30. The lowest BCUT2D eigenvalue weighted by Gasteiger charge is -2.18. The van der Waals surface area contributed by atoms with Crippen LogP contribution in [0.3, 0.4) is 0 Å². The van der Waals surface area contributed by atoms with E-state index in [9.17, 15) is 14.4 Å². The zero-order chi connectivity index (χ0) is 51.4. The van der Waals surface area contributed by atoms with E-state index in [1.165, 1.54) is 186 Å². The van der Waals surface area contributed by atoms with Gasteiger partial charge in [0, 0.05) is 19.3 Å². The van der Waals surface area contributed by atoms with Gasteiger partial charge >= 0.3 is 17.9 Å². The van der Waals surface area contributed by atoms with Gasteiger partial charge in [-0.05, 0) is 64.2 Å². The van der Waals surface area contributed by atoms with Crippen LogP contribution in [0, 0.1) is 0 Å². The Balaban J connectivity index is 4.08. The van der Waals surface area contributed by atoms with Gasteiger partial charge in [0.05, 0.1) is 0 Å². The number of ether oxygens (including phenoxy) is 3. The summed E-state index contributed by atoms with van der Waals surface area (Å²) in [5, 5.41) is 0. The summed E-state index contributed by atoms with van der Waals surface area (Å²) in [6.45, 7) is 6.51. The molecule has 0 heterocycles. The quantitative estimate of drug-likeness (QED) is 0.0261. The molecule has 0 rings (SSSR count). The Labute approximate surface area is 440 Å². The maximum absolute atomic E-state index is 12.8. The van der Waals surface area contributed by atoms with Gasteiger partial charge < -0.3 is 14.2 Å². The summed E-state index contributed by atoms with van der Waals surface area (Å²) < 4.78 is 16.8. The Morgan fingerprint density at radius 2 is 0.549 bits per heavy atom. The van der Waals surface area contributed by atoms with Gasteiger partial charge in [-0.15, -0.1) is 0 Å². The molecule has 1 atom stereocenters. The molecule has 0 aromatic rings. The predicted molar refractivity (Wildman–Crippen MR) is 307 cm³/mol. The van der Waals surface area contributed by atoms with Crippen LogP contribution < -0.4 is 0 Å². The van der Waals surface area contributed by atoms with Crippen molar-refractivity contribution in [2.45, 2.75) is 322 Å². The zero-order valence-corrected chi connectivity index (χ0v) is 47.2. The standard InChI is InChI=1S/C65H116O6/c1-4-7-10-13-16-18-20-22-24-26-28-30-31-32-33-34-35-36-38-39-41-43-45-47-49-52-55-58-64(67)70-61-62(60-69-63(66)57-54-51-15-12-9-6-3)71-65(68)59-56-53-50-48-46-44-42-40-37-29-27-25-23-21-19-17-14-11-8-5-2/h7,10,16,18,22,24,28,30,32-33,62H,4-6,8-9,11-15,17,19-21,23,25-27,29,31,34-61H2,1-3H3/b10-7-,18-16-,24-22-,30-28-,33-32-. The van der Waals surface area contributed by atoms with Crippen molar-refractivity contribution in [3.8, 4) is 0 Å². The molecule has 1 unspecified atom stereocenters. The Hall–Kier alpha value is -2.89. The molecule has 71 heavy (non-hydrogen) atoms. The number of hydrogen-bond acceptors (Lipinski definition) is 6. The fourth-order valence-electron chi connectivity index (χ4n) is 8.94. The van der Waals surface area contributed by atoms with E-state index in [0.29, 0.717) is 19.3 Å². The summed E-state index contributed by atoms with van der Waals surface area (Å²) in [6.07, 6.45) is 75.4. The van der Waals surface area contributed by atoms with Crippen LogP contribution in [-0.4, -0.2) is 37.2 Å². The topological polar surface area (TPSA) is 78.9 Å². The first kappa shape index (κ1) is 68.1. The van der Waals surface area contributed by atoms with Crippen LogP contribution in [0.25, 0.3) is 0 Å². The van der Waals surface area contributed by atoms with Crippen LogP contribution >= 0.6 is 0 Å². The van der Waals surface area contributed by atoms with Gasteiger partial charge in [0.1, 0.15) is 13.2 Å². The molecule has 0 radical (unpaired) electrons. The molecule has 412 valence electrons. The van der Waals surface area contributed by atoms with Gasteiger partial charge in [-0.2, -0.15) is 0 Å². The van der Waals surface area contributed by atoms with Gasteiger partial charge in [-0.3, -0.25) is 14.4 Å². The normalized spacial score (nSPS) is 12.4. The van der Waals surface area contributed by atoms with Gasteiger partial charge in [-0.1, -0.05) is 293 Å². The second-order valence-corrected chi connectivity index (χ2v) is 20.6. The molecule has 0 N–H and O–H groups in total. The maximum Gasteiger partial charge on any atom is 0.306 e. The van der Waals surface area contributed by atoms with Crippen LogP contribution in [0.5, 0.6) is 0 Å². The van der Waals surface area contributed by atoms with Gasteiger partial charge in [0.25, 0.3) is 0 Å². The van der Waals surface area contributed by atoms with E-state index in [0.717, 1.165) is 89.9 Å². The van der Waals surface area contributed by atoms with Crippen LogP contribution in [-0.2, 0) is 28.6 Å². The molecule has 0 aliphatic carbocycles. The number of carbonyl (C=O) groups is 3. The first-order chi connectivity index (χ1) is 35.0. The van der Waals surface area contributed by atoms with Crippen molar-refractivity contribution in [2.75, 3.05) is 13.2 Å². The summed E-state index contributed by atoms with van der Waals surface area (Å²) in [6, 6.07) is 0.